The van der Waals surface area contributed by atoms with Gasteiger partial charge in [-0.05, 0) is 25.8 Å². The summed E-state index contributed by atoms with van der Waals surface area (Å²) in [6.45, 7) is 4.99. The average Bonchev–Trinajstić information content (AvgIpc) is 2.57. The van der Waals surface area contributed by atoms with Crippen molar-refractivity contribution in [2.45, 2.75) is 51.0 Å². The van der Waals surface area contributed by atoms with Gasteiger partial charge in [0.25, 0.3) is 0 Å². The van der Waals surface area contributed by atoms with Gasteiger partial charge in [-0.1, -0.05) is 12.0 Å². The van der Waals surface area contributed by atoms with Gasteiger partial charge < -0.3 is 15.6 Å². The zero-order valence-electron chi connectivity index (χ0n) is 10.8. The lowest BCUT2D eigenvalue weighted by atomic mass is 9.85. The Kier molecular flexibility index (Phi) is 4.39. The third-order valence-corrected chi connectivity index (χ3v) is 3.29. The second-order valence-electron chi connectivity index (χ2n) is 4.62. The van der Waals surface area contributed by atoms with Crippen molar-refractivity contribution in [1.82, 2.24) is 4.90 Å². The Labute approximate surface area is 105 Å². The fourth-order valence-electron chi connectivity index (χ4n) is 2.45. The molecule has 1 aliphatic rings. The van der Waals surface area contributed by atoms with Gasteiger partial charge >= 0.3 is 6.09 Å². The zero-order chi connectivity index (χ0) is 13.9. The second-order valence-corrected chi connectivity index (χ2v) is 4.62. The lowest BCUT2D eigenvalue weighted by Crippen LogP contribution is -2.58. The van der Waals surface area contributed by atoms with Gasteiger partial charge in [0.2, 0.25) is 0 Å². The maximum absolute atomic E-state index is 11.8. The Hall–Kier alpha value is -1.50. The number of nitrogens with zero attached hydrogens (tertiary/aromatic N) is 4. The van der Waals surface area contributed by atoms with Crippen LogP contribution in [0.3, 0.4) is 0 Å². The second kappa shape index (κ2) is 5.43. The topological polar surface area (TPSA) is 125 Å². The molecule has 18 heavy (non-hydrogen) atoms. The molecule has 0 aromatic rings. The van der Waals surface area contributed by atoms with Crippen LogP contribution >= 0.6 is 0 Å². The monoisotopic (exact) mass is 257 g/mol. The number of aliphatic hydroxyl groups is 1. The van der Waals surface area contributed by atoms with Crippen LogP contribution in [0.4, 0.5) is 4.79 Å². The SMILES string of the molecule is CC[C@@H](O)[C@@]1(C)OC(=O)N(CN=[N+]=[N-])[C@@H]1[C@@H](C)N. The highest BCUT2D eigenvalue weighted by atomic mass is 16.6. The molecule has 3 N–H and O–H groups in total. The van der Waals surface area contributed by atoms with Crippen LogP contribution < -0.4 is 5.73 Å². The standard InChI is InChI=1S/C10H19N5O3/c1-4-7(16)10(3)8(6(2)11)15(5-13-14-12)9(17)18-10/h6-8,16H,4-5,11H2,1-3H3/t6-,7-,8-,10-/m1/s1. The molecule has 0 aromatic carbocycles. The molecule has 8 heteroatoms. The molecule has 1 heterocycles. The lowest BCUT2D eigenvalue weighted by molar-refractivity contribution is -0.0644. The number of rotatable bonds is 5. The number of nitrogens with two attached hydrogens (primary N) is 1. The quantitative estimate of drug-likeness (QED) is 0.432. The number of ether oxygens (including phenoxy) is 1. The summed E-state index contributed by atoms with van der Waals surface area (Å²) in [7, 11) is 0. The average molecular weight is 257 g/mol. The van der Waals surface area contributed by atoms with E-state index in [1.807, 2.05) is 0 Å². The molecule has 1 fully saturated rings. The van der Waals surface area contributed by atoms with Crippen molar-refractivity contribution in [2.24, 2.45) is 10.8 Å². The molecule has 1 saturated heterocycles. The summed E-state index contributed by atoms with van der Waals surface area (Å²) in [6, 6.07) is -0.956. The van der Waals surface area contributed by atoms with E-state index in [1.54, 1.807) is 20.8 Å². The van der Waals surface area contributed by atoms with Crippen LogP contribution in [0.1, 0.15) is 27.2 Å². The molecule has 0 aliphatic carbocycles. The number of cyclic esters (lactones) is 1. The van der Waals surface area contributed by atoms with Crippen molar-refractivity contribution in [3.63, 3.8) is 0 Å². The molecule has 102 valence electrons. The normalized spacial score (nSPS) is 30.6. The number of carbonyl (C=O) groups excluding carboxylic acids is 1. The molecule has 0 saturated carbocycles. The van der Waals surface area contributed by atoms with Gasteiger partial charge in [-0.25, -0.2) is 4.79 Å². The maximum Gasteiger partial charge on any atom is 0.411 e. The van der Waals surface area contributed by atoms with Crippen LogP contribution in [0.15, 0.2) is 5.11 Å². The summed E-state index contributed by atoms with van der Waals surface area (Å²) in [5, 5.41) is 13.4. The van der Waals surface area contributed by atoms with Crippen LogP contribution in [0.25, 0.3) is 10.4 Å². The van der Waals surface area contributed by atoms with E-state index in [0.717, 1.165) is 0 Å². The van der Waals surface area contributed by atoms with E-state index in [1.165, 1.54) is 4.90 Å². The molecule has 4 atom stereocenters. The summed E-state index contributed by atoms with van der Waals surface area (Å²) < 4.78 is 5.26. The smallest absolute Gasteiger partial charge is 0.411 e. The van der Waals surface area contributed by atoms with E-state index in [4.69, 9.17) is 16.0 Å². The third-order valence-electron chi connectivity index (χ3n) is 3.29. The van der Waals surface area contributed by atoms with E-state index in [-0.39, 0.29) is 6.67 Å². The van der Waals surface area contributed by atoms with Gasteiger partial charge in [0.1, 0.15) is 6.67 Å². The highest BCUT2D eigenvalue weighted by Crippen LogP contribution is 2.35. The third kappa shape index (κ3) is 2.35. The van der Waals surface area contributed by atoms with Gasteiger partial charge in [0, 0.05) is 11.0 Å². The van der Waals surface area contributed by atoms with Crippen molar-refractivity contribution in [3.05, 3.63) is 10.4 Å². The van der Waals surface area contributed by atoms with Crippen molar-refractivity contribution < 1.29 is 14.6 Å². The molecule has 0 spiro atoms. The molecular formula is C10H19N5O3. The Morgan fingerprint density at radius 3 is 2.83 bits per heavy atom. The zero-order valence-corrected chi connectivity index (χ0v) is 10.8. The van der Waals surface area contributed by atoms with E-state index in [2.05, 4.69) is 10.0 Å². The van der Waals surface area contributed by atoms with Gasteiger partial charge in [-0.3, -0.25) is 4.90 Å². The van der Waals surface area contributed by atoms with E-state index < -0.39 is 29.9 Å². The van der Waals surface area contributed by atoms with Crippen molar-refractivity contribution >= 4 is 6.09 Å². The number of hydrogen-bond acceptors (Lipinski definition) is 5. The highest BCUT2D eigenvalue weighted by Gasteiger charge is 2.55. The molecule has 1 amide bonds. The first-order chi connectivity index (χ1) is 8.38. The van der Waals surface area contributed by atoms with Crippen molar-refractivity contribution in [3.8, 4) is 0 Å². The predicted octanol–water partition coefficient (Wildman–Crippen LogP) is 0.952. The highest BCUT2D eigenvalue weighted by molar-refractivity contribution is 5.72. The Bertz CT molecular complexity index is 369. The molecule has 0 aromatic heterocycles. The molecule has 1 aliphatic heterocycles. The number of carbonyl (C=O) groups is 1. The van der Waals surface area contributed by atoms with Gasteiger partial charge in [0.05, 0.1) is 12.1 Å². The van der Waals surface area contributed by atoms with Crippen molar-refractivity contribution in [2.75, 3.05) is 6.67 Å². The van der Waals surface area contributed by atoms with E-state index in [9.17, 15) is 9.90 Å². The Morgan fingerprint density at radius 2 is 2.39 bits per heavy atom. The van der Waals surface area contributed by atoms with Crippen LogP contribution in [0.2, 0.25) is 0 Å². The minimum absolute atomic E-state index is 0.159. The Balaban J connectivity index is 3.08. The molecule has 1 rings (SSSR count). The predicted molar refractivity (Wildman–Crippen MR) is 64.5 cm³/mol. The molecule has 0 bridgehead atoms. The van der Waals surface area contributed by atoms with Crippen LogP contribution in [0, 0.1) is 0 Å². The first kappa shape index (κ1) is 14.6. The largest absolute Gasteiger partial charge is 0.438 e. The summed E-state index contributed by atoms with van der Waals surface area (Å²) in [5.41, 5.74) is 13.1. The number of aliphatic hydroxyl groups excluding tert-OH is 1. The fourth-order valence-corrected chi connectivity index (χ4v) is 2.45. The van der Waals surface area contributed by atoms with Crippen LogP contribution in [-0.2, 0) is 4.74 Å². The molecular weight excluding hydrogens is 238 g/mol. The minimum Gasteiger partial charge on any atom is -0.438 e. The van der Waals surface area contributed by atoms with Gasteiger partial charge in [0.15, 0.2) is 5.60 Å². The number of azide groups is 1. The van der Waals surface area contributed by atoms with Gasteiger partial charge in [-0.15, -0.1) is 0 Å². The van der Waals surface area contributed by atoms with Gasteiger partial charge in [-0.2, -0.15) is 0 Å². The summed E-state index contributed by atoms with van der Waals surface area (Å²) in [6.07, 6.45) is -1.02. The van der Waals surface area contributed by atoms with Crippen LogP contribution in [0.5, 0.6) is 0 Å². The molecule has 0 radical (unpaired) electrons. The van der Waals surface area contributed by atoms with E-state index in [0.29, 0.717) is 6.42 Å². The summed E-state index contributed by atoms with van der Waals surface area (Å²) in [5.74, 6) is 0. The molecule has 0 unspecified atom stereocenters. The number of amides is 1. The maximum atomic E-state index is 11.8. The fraction of sp³-hybridized carbons (Fsp3) is 0.900. The Morgan fingerprint density at radius 1 is 1.78 bits per heavy atom. The van der Waals surface area contributed by atoms with Crippen LogP contribution in [-0.4, -0.2) is 46.6 Å². The number of hydrogen-bond donors (Lipinski definition) is 2. The summed E-state index contributed by atoms with van der Waals surface area (Å²) >= 11 is 0. The minimum atomic E-state index is -1.09. The van der Waals surface area contributed by atoms with E-state index >= 15 is 0 Å². The molecule has 8 nitrogen and oxygen atoms in total. The first-order valence-corrected chi connectivity index (χ1v) is 5.82. The lowest BCUT2D eigenvalue weighted by Gasteiger charge is -2.36. The summed E-state index contributed by atoms with van der Waals surface area (Å²) in [4.78, 5) is 15.7. The first-order valence-electron chi connectivity index (χ1n) is 5.82. The van der Waals surface area contributed by atoms with Crippen molar-refractivity contribution in [1.29, 1.82) is 0 Å².